The first kappa shape index (κ1) is 22.0. The summed E-state index contributed by atoms with van der Waals surface area (Å²) in [5.74, 6) is -0.678. The number of aryl methyl sites for hydroxylation is 2. The Hall–Kier alpha value is -2.74. The predicted molar refractivity (Wildman–Crippen MR) is 114 cm³/mol. The summed E-state index contributed by atoms with van der Waals surface area (Å²) in [6.45, 7) is 7.20. The number of benzene rings is 1. The van der Waals surface area contributed by atoms with Crippen LogP contribution in [0.3, 0.4) is 0 Å². The predicted octanol–water partition coefficient (Wildman–Crippen LogP) is 2.71. The molecular formula is C22H27N3O4S. The summed E-state index contributed by atoms with van der Waals surface area (Å²) in [5.41, 5.74) is 1.52. The van der Waals surface area contributed by atoms with Gasteiger partial charge in [0.2, 0.25) is 5.91 Å². The van der Waals surface area contributed by atoms with E-state index >= 15 is 0 Å². The van der Waals surface area contributed by atoms with Crippen molar-refractivity contribution >= 4 is 29.1 Å². The molecule has 0 unspecified atom stereocenters. The van der Waals surface area contributed by atoms with E-state index in [2.05, 4.69) is 4.99 Å². The monoisotopic (exact) mass is 429 g/mol. The number of amides is 2. The Morgan fingerprint density at radius 3 is 2.60 bits per heavy atom. The number of carbonyl (C=O) groups excluding carboxylic acids is 3. The van der Waals surface area contributed by atoms with Gasteiger partial charge in [-0.05, 0) is 45.7 Å². The molecule has 1 aliphatic heterocycles. The van der Waals surface area contributed by atoms with Crippen LogP contribution >= 0.6 is 11.3 Å². The van der Waals surface area contributed by atoms with Crippen LogP contribution in [-0.2, 0) is 20.9 Å². The molecule has 1 aromatic heterocycles. The number of carbonyl (C=O) groups is 3. The Bertz CT molecular complexity index is 1000. The number of aromatic nitrogens is 1. The molecule has 0 N–H and O–H groups in total. The van der Waals surface area contributed by atoms with Gasteiger partial charge in [0.25, 0.3) is 5.91 Å². The fourth-order valence-corrected chi connectivity index (χ4v) is 4.33. The van der Waals surface area contributed by atoms with Gasteiger partial charge in [0.1, 0.15) is 6.54 Å². The first-order valence-corrected chi connectivity index (χ1v) is 11.0. The van der Waals surface area contributed by atoms with Crippen LogP contribution in [0.2, 0.25) is 0 Å². The maximum absolute atomic E-state index is 12.8. The standard InChI is InChI=1S/C22H27N3O4S/c1-4-29-21(28)17-8-10-24(11-9-17)19(26)14-25-13-16(3)30-22(25)23-20(27)18-7-5-6-15(2)12-18/h5-7,12-13,17H,4,8-11,14H2,1-3H3. The molecule has 1 aromatic carbocycles. The summed E-state index contributed by atoms with van der Waals surface area (Å²) < 4.78 is 6.81. The minimum atomic E-state index is -0.322. The smallest absolute Gasteiger partial charge is 0.309 e. The molecule has 0 saturated carbocycles. The van der Waals surface area contributed by atoms with E-state index in [0.29, 0.717) is 42.9 Å². The summed E-state index contributed by atoms with van der Waals surface area (Å²) in [5, 5.41) is 0. The lowest BCUT2D eigenvalue weighted by atomic mass is 9.97. The molecule has 1 saturated heterocycles. The molecule has 0 bridgehead atoms. The zero-order chi connectivity index (χ0) is 21.7. The lowest BCUT2D eigenvalue weighted by Gasteiger charge is -2.31. The van der Waals surface area contributed by atoms with E-state index in [1.54, 1.807) is 28.5 Å². The number of esters is 1. The van der Waals surface area contributed by atoms with Crippen LogP contribution in [0.15, 0.2) is 35.5 Å². The summed E-state index contributed by atoms with van der Waals surface area (Å²) >= 11 is 1.38. The fourth-order valence-electron chi connectivity index (χ4n) is 3.50. The van der Waals surface area contributed by atoms with E-state index < -0.39 is 0 Å². The Labute approximate surface area is 180 Å². The molecule has 0 spiro atoms. The normalized spacial score (nSPS) is 15.3. The maximum atomic E-state index is 12.8. The quantitative estimate of drug-likeness (QED) is 0.685. The second-order valence-corrected chi connectivity index (χ2v) is 8.66. The highest BCUT2D eigenvalue weighted by molar-refractivity contribution is 7.09. The summed E-state index contributed by atoms with van der Waals surface area (Å²) in [7, 11) is 0. The van der Waals surface area contributed by atoms with Crippen molar-refractivity contribution in [3.63, 3.8) is 0 Å². The molecule has 1 fully saturated rings. The van der Waals surface area contributed by atoms with E-state index in [4.69, 9.17) is 4.74 Å². The molecule has 2 heterocycles. The van der Waals surface area contributed by atoms with Gasteiger partial charge in [-0.3, -0.25) is 14.4 Å². The maximum Gasteiger partial charge on any atom is 0.309 e. The van der Waals surface area contributed by atoms with Crippen LogP contribution in [0, 0.1) is 19.8 Å². The SMILES string of the molecule is CCOC(=O)C1CCN(C(=O)Cn2cc(C)sc2=NC(=O)c2cccc(C)c2)CC1. The second kappa shape index (κ2) is 9.84. The van der Waals surface area contributed by atoms with Gasteiger partial charge in [0.05, 0.1) is 12.5 Å². The second-order valence-electron chi connectivity index (χ2n) is 7.45. The number of likely N-dealkylation sites (tertiary alicyclic amines) is 1. The van der Waals surface area contributed by atoms with Gasteiger partial charge in [0, 0.05) is 29.7 Å². The molecule has 2 amide bonds. The number of thiazole rings is 1. The van der Waals surface area contributed by atoms with Crippen LogP contribution < -0.4 is 4.80 Å². The summed E-state index contributed by atoms with van der Waals surface area (Å²) in [4.78, 5) is 44.7. The Balaban J connectivity index is 1.68. The van der Waals surface area contributed by atoms with E-state index in [9.17, 15) is 14.4 Å². The Kier molecular flexibility index (Phi) is 7.20. The van der Waals surface area contributed by atoms with Crippen molar-refractivity contribution < 1.29 is 19.1 Å². The molecule has 1 aliphatic rings. The van der Waals surface area contributed by atoms with Gasteiger partial charge in [-0.25, -0.2) is 0 Å². The average Bonchev–Trinajstić information content (AvgIpc) is 3.06. The number of rotatable bonds is 5. The molecule has 3 rings (SSSR count). The largest absolute Gasteiger partial charge is 0.466 e. The van der Waals surface area contributed by atoms with Gasteiger partial charge in [0.15, 0.2) is 4.80 Å². The molecule has 2 aromatic rings. The van der Waals surface area contributed by atoms with E-state index in [0.717, 1.165) is 10.4 Å². The minimum Gasteiger partial charge on any atom is -0.466 e. The van der Waals surface area contributed by atoms with Crippen LogP contribution in [-0.4, -0.2) is 46.9 Å². The van der Waals surface area contributed by atoms with Crippen molar-refractivity contribution in [2.45, 2.75) is 40.2 Å². The van der Waals surface area contributed by atoms with Crippen LogP contribution in [0.5, 0.6) is 0 Å². The van der Waals surface area contributed by atoms with Crippen molar-refractivity contribution in [3.05, 3.63) is 51.3 Å². The van der Waals surface area contributed by atoms with Crippen molar-refractivity contribution in [2.75, 3.05) is 19.7 Å². The van der Waals surface area contributed by atoms with Gasteiger partial charge in [-0.1, -0.05) is 17.7 Å². The molecule has 0 aliphatic carbocycles. The molecule has 0 atom stereocenters. The van der Waals surface area contributed by atoms with Gasteiger partial charge < -0.3 is 14.2 Å². The van der Waals surface area contributed by atoms with E-state index in [1.807, 2.05) is 32.2 Å². The van der Waals surface area contributed by atoms with E-state index in [-0.39, 0.29) is 30.2 Å². The lowest BCUT2D eigenvalue weighted by molar-refractivity contribution is -0.151. The van der Waals surface area contributed by atoms with Gasteiger partial charge in [-0.15, -0.1) is 11.3 Å². The van der Waals surface area contributed by atoms with Crippen molar-refractivity contribution in [2.24, 2.45) is 10.9 Å². The number of nitrogens with zero attached hydrogens (tertiary/aromatic N) is 3. The topological polar surface area (TPSA) is 81.0 Å². The molecule has 160 valence electrons. The number of hydrogen-bond acceptors (Lipinski definition) is 5. The highest BCUT2D eigenvalue weighted by Gasteiger charge is 2.28. The van der Waals surface area contributed by atoms with E-state index in [1.165, 1.54) is 11.3 Å². The first-order chi connectivity index (χ1) is 14.4. The minimum absolute atomic E-state index is 0.0421. The molecule has 7 nitrogen and oxygen atoms in total. The third-order valence-electron chi connectivity index (χ3n) is 5.07. The summed E-state index contributed by atoms with van der Waals surface area (Å²) in [6, 6.07) is 7.29. The fraction of sp³-hybridized carbons (Fsp3) is 0.455. The zero-order valence-corrected chi connectivity index (χ0v) is 18.4. The van der Waals surface area contributed by atoms with Crippen molar-refractivity contribution in [3.8, 4) is 0 Å². The summed E-state index contributed by atoms with van der Waals surface area (Å²) in [6.07, 6.45) is 3.07. The lowest BCUT2D eigenvalue weighted by Crippen LogP contribution is -2.42. The van der Waals surface area contributed by atoms with Crippen LogP contribution in [0.4, 0.5) is 0 Å². The number of ether oxygens (including phenoxy) is 1. The highest BCUT2D eigenvalue weighted by atomic mass is 32.1. The Morgan fingerprint density at radius 2 is 1.93 bits per heavy atom. The van der Waals surface area contributed by atoms with Gasteiger partial charge >= 0.3 is 5.97 Å². The zero-order valence-electron chi connectivity index (χ0n) is 17.6. The first-order valence-electron chi connectivity index (χ1n) is 10.1. The van der Waals surface area contributed by atoms with Crippen molar-refractivity contribution in [1.82, 2.24) is 9.47 Å². The Morgan fingerprint density at radius 1 is 1.20 bits per heavy atom. The molecule has 0 radical (unpaired) electrons. The third-order valence-corrected chi connectivity index (χ3v) is 6.01. The van der Waals surface area contributed by atoms with Crippen LogP contribution in [0.25, 0.3) is 0 Å². The average molecular weight is 430 g/mol. The number of piperidine rings is 1. The molecule has 8 heteroatoms. The van der Waals surface area contributed by atoms with Gasteiger partial charge in [-0.2, -0.15) is 4.99 Å². The molecular weight excluding hydrogens is 402 g/mol. The number of hydrogen-bond donors (Lipinski definition) is 0. The third kappa shape index (κ3) is 5.44. The molecule has 30 heavy (non-hydrogen) atoms. The van der Waals surface area contributed by atoms with Crippen molar-refractivity contribution in [1.29, 1.82) is 0 Å². The van der Waals surface area contributed by atoms with Crippen LogP contribution in [0.1, 0.15) is 40.6 Å². The highest BCUT2D eigenvalue weighted by Crippen LogP contribution is 2.19.